The Bertz CT molecular complexity index is 1880. The molecule has 2 fully saturated rings. The average Bonchev–Trinajstić information content (AvgIpc) is 3.01. The number of fused-ring (bicyclic) bond motifs is 1. The first-order chi connectivity index (χ1) is 21.0. The Morgan fingerprint density at radius 3 is 1.75 bits per heavy atom. The number of hydrogen-bond acceptors (Lipinski definition) is 5. The van der Waals surface area contributed by atoms with Gasteiger partial charge in [0.1, 0.15) is 5.78 Å². The fourth-order valence-corrected chi connectivity index (χ4v) is 10.2. The second-order valence-electron chi connectivity index (χ2n) is 11.6. The van der Waals surface area contributed by atoms with Gasteiger partial charge < -0.3 is 0 Å². The number of Topliss-reactive ketones (excluding diaryl/α,β-unsaturated/α-hetero) is 1. The number of rotatable bonds is 6. The van der Waals surface area contributed by atoms with Gasteiger partial charge in [-0.25, -0.2) is 16.8 Å². The highest BCUT2D eigenvalue weighted by molar-refractivity contribution is 9.10. The summed E-state index contributed by atoms with van der Waals surface area (Å²) in [5, 5.41) is 0. The van der Waals surface area contributed by atoms with E-state index in [4.69, 9.17) is 0 Å². The van der Waals surface area contributed by atoms with Crippen molar-refractivity contribution in [3.8, 4) is 0 Å². The molecule has 0 saturated carbocycles. The molecule has 4 aromatic rings. The fraction of sp³-hybridized carbons (Fsp3) is 0.265. The normalized spacial score (nSPS) is 23.3. The lowest BCUT2D eigenvalue weighted by molar-refractivity contribution is -0.132. The second kappa shape index (κ2) is 12.0. The third-order valence-corrected chi connectivity index (χ3v) is 13.1. The molecule has 0 radical (unpaired) electrons. The highest BCUT2D eigenvalue weighted by Gasteiger charge is 2.54. The van der Waals surface area contributed by atoms with E-state index in [1.807, 2.05) is 68.4 Å². The Hall–Kier alpha value is -3.15. The van der Waals surface area contributed by atoms with Crippen LogP contribution in [0.3, 0.4) is 0 Å². The second-order valence-corrected chi connectivity index (χ2v) is 16.3. The molecular weight excluding hydrogens is 660 g/mol. The molecule has 0 bridgehead atoms. The summed E-state index contributed by atoms with van der Waals surface area (Å²) in [6.07, 6.45) is 0.0753. The van der Waals surface area contributed by atoms with Gasteiger partial charge in [-0.05, 0) is 67.8 Å². The third-order valence-electron chi connectivity index (χ3n) is 8.76. The van der Waals surface area contributed by atoms with Crippen LogP contribution < -0.4 is 0 Å². The van der Waals surface area contributed by atoms with Crippen LogP contribution in [0.5, 0.6) is 0 Å². The summed E-state index contributed by atoms with van der Waals surface area (Å²) in [4.78, 5) is 14.3. The molecular formula is C34H33BrN2O5S2. The van der Waals surface area contributed by atoms with Gasteiger partial charge in [-0.1, -0.05) is 93.8 Å². The standard InChI is InChI=1S/C34H33BrN2O5S2/c1-23-8-16-28(17-9-23)43(39,40)36-22-30-33(20-31(36)25-6-4-3-5-7-25)37(44(41,42)29-18-10-24(2)11-19-29)32(21-34(30)38)26-12-14-27(35)15-13-26/h3-19,30-33H,20-22H2,1-2H3/t30-,31+,32+,33+/m1/s1. The summed E-state index contributed by atoms with van der Waals surface area (Å²) in [5.74, 6) is -0.976. The van der Waals surface area contributed by atoms with E-state index < -0.39 is 44.1 Å². The van der Waals surface area contributed by atoms with Crippen molar-refractivity contribution in [1.82, 2.24) is 8.61 Å². The van der Waals surface area contributed by atoms with Crippen molar-refractivity contribution in [2.24, 2.45) is 5.92 Å². The molecule has 10 heteroatoms. The topological polar surface area (TPSA) is 91.8 Å². The minimum Gasteiger partial charge on any atom is -0.299 e. The van der Waals surface area contributed by atoms with Gasteiger partial charge in [-0.2, -0.15) is 8.61 Å². The summed E-state index contributed by atoms with van der Waals surface area (Å²) in [6, 6.07) is 27.8. The van der Waals surface area contributed by atoms with Gasteiger partial charge in [-0.3, -0.25) is 4.79 Å². The van der Waals surface area contributed by atoms with Crippen LogP contribution in [0.4, 0.5) is 0 Å². The van der Waals surface area contributed by atoms with Crippen molar-refractivity contribution in [2.45, 2.75) is 54.6 Å². The molecule has 2 aliphatic heterocycles. The number of ketones is 1. The Kier molecular flexibility index (Phi) is 8.40. The highest BCUT2D eigenvalue weighted by atomic mass is 79.9. The number of nitrogens with zero attached hydrogens (tertiary/aromatic N) is 2. The first-order valence-electron chi connectivity index (χ1n) is 14.5. The van der Waals surface area contributed by atoms with Gasteiger partial charge in [0.2, 0.25) is 20.0 Å². The van der Waals surface area contributed by atoms with Gasteiger partial charge >= 0.3 is 0 Å². The summed E-state index contributed by atoms with van der Waals surface area (Å²) < 4.78 is 61.2. The van der Waals surface area contributed by atoms with Crippen LogP contribution in [0.25, 0.3) is 0 Å². The summed E-state index contributed by atoms with van der Waals surface area (Å²) in [5.41, 5.74) is 3.31. The number of aryl methyl sites for hydroxylation is 2. The zero-order valence-corrected chi connectivity index (χ0v) is 27.6. The molecule has 0 aliphatic carbocycles. The monoisotopic (exact) mass is 692 g/mol. The largest absolute Gasteiger partial charge is 0.299 e. The van der Waals surface area contributed by atoms with Crippen LogP contribution in [-0.4, -0.2) is 43.8 Å². The van der Waals surface area contributed by atoms with Crippen molar-refractivity contribution in [3.63, 3.8) is 0 Å². The van der Waals surface area contributed by atoms with E-state index in [1.165, 1.54) is 8.61 Å². The molecule has 4 atom stereocenters. The first-order valence-corrected chi connectivity index (χ1v) is 18.2. The van der Waals surface area contributed by atoms with E-state index in [0.29, 0.717) is 5.56 Å². The number of benzene rings is 4. The lowest BCUT2D eigenvalue weighted by Gasteiger charge is -2.51. The van der Waals surface area contributed by atoms with Crippen molar-refractivity contribution in [3.05, 3.63) is 130 Å². The molecule has 228 valence electrons. The lowest BCUT2D eigenvalue weighted by Crippen LogP contribution is -2.60. The lowest BCUT2D eigenvalue weighted by atomic mass is 9.77. The number of carbonyl (C=O) groups is 1. The molecule has 7 nitrogen and oxygen atoms in total. The first kappa shape index (κ1) is 30.9. The number of carbonyl (C=O) groups excluding carboxylic acids is 1. The van der Waals surface area contributed by atoms with Crippen LogP contribution in [0.1, 0.15) is 47.2 Å². The van der Waals surface area contributed by atoms with E-state index >= 15 is 0 Å². The molecule has 0 N–H and O–H groups in total. The van der Waals surface area contributed by atoms with Gasteiger partial charge in [0.15, 0.2) is 0 Å². The Labute approximate surface area is 267 Å². The molecule has 4 aromatic carbocycles. The summed E-state index contributed by atoms with van der Waals surface area (Å²) in [7, 11) is -8.12. The van der Waals surface area contributed by atoms with Crippen LogP contribution >= 0.6 is 15.9 Å². The number of halogens is 1. The minimum absolute atomic E-state index is 0.0533. The van der Waals surface area contributed by atoms with Crippen LogP contribution in [0, 0.1) is 19.8 Å². The van der Waals surface area contributed by atoms with E-state index in [2.05, 4.69) is 15.9 Å². The maximum atomic E-state index is 14.6. The maximum absolute atomic E-state index is 14.6. The SMILES string of the molecule is Cc1ccc(S(=O)(=O)N2C[C@H]3C(=O)C[C@@H](c4ccc(Br)cc4)N(S(=O)(=O)c4ccc(C)cc4)[C@H]3C[C@H]2c2ccccc2)cc1. The van der Waals surface area contributed by atoms with E-state index in [9.17, 15) is 21.6 Å². The van der Waals surface area contributed by atoms with E-state index in [0.717, 1.165) is 21.2 Å². The zero-order valence-electron chi connectivity index (χ0n) is 24.4. The molecule has 44 heavy (non-hydrogen) atoms. The highest BCUT2D eigenvalue weighted by Crippen LogP contribution is 2.48. The number of piperidine rings is 2. The quantitative estimate of drug-likeness (QED) is 0.227. The summed E-state index contributed by atoms with van der Waals surface area (Å²) in [6.45, 7) is 3.66. The van der Waals surface area contributed by atoms with Gasteiger partial charge in [0, 0.05) is 29.4 Å². The molecule has 0 amide bonds. The Balaban J connectivity index is 1.50. The fourth-order valence-electron chi connectivity index (χ4n) is 6.43. The van der Waals surface area contributed by atoms with Crippen molar-refractivity contribution in [2.75, 3.05) is 6.54 Å². The smallest absolute Gasteiger partial charge is 0.243 e. The van der Waals surface area contributed by atoms with E-state index in [-0.39, 0.29) is 35.0 Å². The number of hydrogen-bond donors (Lipinski definition) is 0. The zero-order chi connectivity index (χ0) is 31.2. The van der Waals surface area contributed by atoms with Crippen molar-refractivity contribution < 1.29 is 21.6 Å². The summed E-state index contributed by atoms with van der Waals surface area (Å²) >= 11 is 3.46. The predicted octanol–water partition coefficient (Wildman–Crippen LogP) is 6.59. The van der Waals surface area contributed by atoms with Crippen LogP contribution in [0.2, 0.25) is 0 Å². The predicted molar refractivity (Wildman–Crippen MR) is 173 cm³/mol. The Morgan fingerprint density at radius 1 is 0.659 bits per heavy atom. The molecule has 2 heterocycles. The molecule has 6 rings (SSSR count). The van der Waals surface area contributed by atoms with Crippen LogP contribution in [-0.2, 0) is 24.8 Å². The van der Waals surface area contributed by atoms with Gasteiger partial charge in [0.25, 0.3) is 0 Å². The minimum atomic E-state index is -4.09. The van der Waals surface area contributed by atoms with Crippen molar-refractivity contribution in [1.29, 1.82) is 0 Å². The molecule has 0 unspecified atom stereocenters. The Morgan fingerprint density at radius 2 is 1.18 bits per heavy atom. The van der Waals surface area contributed by atoms with Crippen LogP contribution in [0.15, 0.2) is 117 Å². The van der Waals surface area contributed by atoms with E-state index in [1.54, 1.807) is 48.5 Å². The number of sulfonamides is 2. The molecule has 2 saturated heterocycles. The van der Waals surface area contributed by atoms with Gasteiger partial charge in [-0.15, -0.1) is 0 Å². The van der Waals surface area contributed by atoms with Gasteiger partial charge in [0.05, 0.1) is 21.9 Å². The third kappa shape index (κ3) is 5.70. The van der Waals surface area contributed by atoms with Crippen molar-refractivity contribution >= 4 is 41.8 Å². The molecule has 0 spiro atoms. The molecule has 0 aromatic heterocycles. The maximum Gasteiger partial charge on any atom is 0.243 e. The molecule has 2 aliphatic rings. The average molecular weight is 694 g/mol.